The van der Waals surface area contributed by atoms with Crippen LogP contribution in [-0.2, 0) is 6.42 Å². The van der Waals surface area contributed by atoms with Gasteiger partial charge in [-0.05, 0) is 101 Å². The molecule has 0 fully saturated rings. The summed E-state index contributed by atoms with van der Waals surface area (Å²) < 4.78 is 0. The van der Waals surface area contributed by atoms with E-state index in [1.807, 2.05) is 7.05 Å². The van der Waals surface area contributed by atoms with Crippen LogP contribution in [0.4, 0.5) is 0 Å². The van der Waals surface area contributed by atoms with Gasteiger partial charge in [-0.2, -0.15) is 0 Å². The predicted octanol–water partition coefficient (Wildman–Crippen LogP) is 3.77. The highest BCUT2D eigenvalue weighted by Crippen LogP contribution is 2.27. The molecule has 0 spiro atoms. The minimum Gasteiger partial charge on any atom is -0.320 e. The molecule has 1 heteroatoms. The van der Waals surface area contributed by atoms with Crippen molar-refractivity contribution >= 4 is 0 Å². The number of unbranched alkanes of at least 4 members (excludes halogenated alkanes) is 1. The Hall–Kier alpha value is -0.820. The monoisotopic (exact) mass is 233 g/mol. The Kier molecular flexibility index (Phi) is 5.20. The summed E-state index contributed by atoms with van der Waals surface area (Å²) in [5, 5.41) is 3.22. The maximum absolute atomic E-state index is 3.22. The molecule has 1 nitrogen and oxygen atoms in total. The Balaban J connectivity index is 2.92. The molecule has 1 aromatic rings. The van der Waals surface area contributed by atoms with Crippen LogP contribution < -0.4 is 5.32 Å². The standard InChI is InChI=1S/C16H27N/c1-11-12(2)14(4)16(15(5)13(11)3)9-7-8-10-17-6/h17H,7-10H2,1-6H3. The van der Waals surface area contributed by atoms with Gasteiger partial charge in [0, 0.05) is 0 Å². The van der Waals surface area contributed by atoms with E-state index in [1.54, 1.807) is 5.56 Å². The Morgan fingerprint density at radius 1 is 0.706 bits per heavy atom. The van der Waals surface area contributed by atoms with Gasteiger partial charge in [0.15, 0.2) is 0 Å². The molecule has 0 amide bonds. The lowest BCUT2D eigenvalue weighted by molar-refractivity contribution is 0.674. The zero-order valence-electron chi connectivity index (χ0n) is 12.3. The van der Waals surface area contributed by atoms with Crippen LogP contribution in [0.5, 0.6) is 0 Å². The third kappa shape index (κ3) is 3.10. The van der Waals surface area contributed by atoms with E-state index >= 15 is 0 Å². The summed E-state index contributed by atoms with van der Waals surface area (Å²) in [5.74, 6) is 0. The summed E-state index contributed by atoms with van der Waals surface area (Å²) in [6.07, 6.45) is 3.77. The van der Waals surface area contributed by atoms with Gasteiger partial charge in [-0.3, -0.25) is 0 Å². The van der Waals surface area contributed by atoms with E-state index in [0.29, 0.717) is 0 Å². The highest BCUT2D eigenvalue weighted by Gasteiger charge is 2.11. The number of hydrogen-bond donors (Lipinski definition) is 1. The van der Waals surface area contributed by atoms with Crippen molar-refractivity contribution in [3.63, 3.8) is 0 Å². The molecule has 0 aliphatic carbocycles. The predicted molar refractivity (Wildman–Crippen MR) is 77.0 cm³/mol. The van der Waals surface area contributed by atoms with Crippen molar-refractivity contribution in [2.24, 2.45) is 0 Å². The lowest BCUT2D eigenvalue weighted by atomic mass is 9.87. The molecule has 17 heavy (non-hydrogen) atoms. The fraction of sp³-hybridized carbons (Fsp3) is 0.625. The van der Waals surface area contributed by atoms with Crippen LogP contribution in [0.25, 0.3) is 0 Å². The average molecular weight is 233 g/mol. The van der Waals surface area contributed by atoms with Gasteiger partial charge < -0.3 is 5.32 Å². The molecular weight excluding hydrogens is 206 g/mol. The third-order valence-electron chi connectivity index (χ3n) is 4.26. The van der Waals surface area contributed by atoms with E-state index in [1.165, 1.54) is 47.1 Å². The van der Waals surface area contributed by atoms with Gasteiger partial charge in [-0.15, -0.1) is 0 Å². The summed E-state index contributed by atoms with van der Waals surface area (Å²) in [4.78, 5) is 0. The Morgan fingerprint density at radius 3 is 1.65 bits per heavy atom. The highest BCUT2D eigenvalue weighted by atomic mass is 14.8. The first-order valence-corrected chi connectivity index (χ1v) is 6.71. The SMILES string of the molecule is CNCCCCc1c(C)c(C)c(C)c(C)c1C. The normalized spacial score (nSPS) is 10.9. The van der Waals surface area contributed by atoms with E-state index in [0.717, 1.165) is 6.54 Å². The first-order valence-electron chi connectivity index (χ1n) is 6.71. The molecule has 0 aromatic heterocycles. The number of benzene rings is 1. The number of rotatable bonds is 5. The Bertz CT molecular complexity index is 362. The highest BCUT2D eigenvalue weighted by molar-refractivity contribution is 5.49. The molecule has 96 valence electrons. The van der Waals surface area contributed by atoms with Gasteiger partial charge in [0.1, 0.15) is 0 Å². The molecule has 0 aliphatic heterocycles. The van der Waals surface area contributed by atoms with Crippen LogP contribution in [0.2, 0.25) is 0 Å². The molecule has 0 saturated carbocycles. The third-order valence-corrected chi connectivity index (χ3v) is 4.26. The number of hydrogen-bond acceptors (Lipinski definition) is 1. The molecule has 1 rings (SSSR count). The van der Waals surface area contributed by atoms with Crippen molar-refractivity contribution < 1.29 is 0 Å². The molecule has 0 radical (unpaired) electrons. The summed E-state index contributed by atoms with van der Waals surface area (Å²) in [7, 11) is 2.02. The van der Waals surface area contributed by atoms with E-state index in [2.05, 4.69) is 39.9 Å². The van der Waals surface area contributed by atoms with Crippen LogP contribution in [0, 0.1) is 34.6 Å². The van der Waals surface area contributed by atoms with Gasteiger partial charge in [0.2, 0.25) is 0 Å². The molecule has 1 aromatic carbocycles. The second-order valence-corrected chi connectivity index (χ2v) is 5.16. The second-order valence-electron chi connectivity index (χ2n) is 5.16. The van der Waals surface area contributed by atoms with Crippen LogP contribution in [0.3, 0.4) is 0 Å². The van der Waals surface area contributed by atoms with Gasteiger partial charge >= 0.3 is 0 Å². The number of nitrogens with one attached hydrogen (secondary N) is 1. The largest absolute Gasteiger partial charge is 0.320 e. The maximum Gasteiger partial charge on any atom is -0.00518 e. The molecule has 0 heterocycles. The zero-order valence-corrected chi connectivity index (χ0v) is 12.3. The fourth-order valence-electron chi connectivity index (χ4n) is 2.56. The van der Waals surface area contributed by atoms with Crippen molar-refractivity contribution in [2.45, 2.75) is 53.9 Å². The topological polar surface area (TPSA) is 12.0 Å². The molecule has 0 saturated heterocycles. The van der Waals surface area contributed by atoms with Crippen molar-refractivity contribution in [2.75, 3.05) is 13.6 Å². The lowest BCUT2D eigenvalue weighted by Gasteiger charge is -2.18. The van der Waals surface area contributed by atoms with E-state index in [-0.39, 0.29) is 0 Å². The van der Waals surface area contributed by atoms with Crippen LogP contribution in [0.1, 0.15) is 46.2 Å². The average Bonchev–Trinajstić information content (AvgIpc) is 2.33. The summed E-state index contributed by atoms with van der Waals surface area (Å²) in [5.41, 5.74) is 9.04. The first-order chi connectivity index (χ1) is 8.00. The second kappa shape index (κ2) is 6.20. The quantitative estimate of drug-likeness (QED) is 0.763. The van der Waals surface area contributed by atoms with E-state index in [9.17, 15) is 0 Å². The summed E-state index contributed by atoms with van der Waals surface area (Å²) >= 11 is 0. The lowest BCUT2D eigenvalue weighted by Crippen LogP contribution is -2.08. The van der Waals surface area contributed by atoms with Crippen molar-refractivity contribution in [1.82, 2.24) is 5.32 Å². The van der Waals surface area contributed by atoms with Crippen molar-refractivity contribution in [3.05, 3.63) is 33.4 Å². The van der Waals surface area contributed by atoms with Gasteiger partial charge in [-0.25, -0.2) is 0 Å². The smallest absolute Gasteiger partial charge is 0.00518 e. The fourth-order valence-corrected chi connectivity index (χ4v) is 2.56. The first kappa shape index (κ1) is 14.2. The summed E-state index contributed by atoms with van der Waals surface area (Å²) in [6.45, 7) is 12.4. The molecule has 0 unspecified atom stereocenters. The van der Waals surface area contributed by atoms with Crippen molar-refractivity contribution in [3.8, 4) is 0 Å². The van der Waals surface area contributed by atoms with Crippen molar-refractivity contribution in [1.29, 1.82) is 0 Å². The summed E-state index contributed by atoms with van der Waals surface area (Å²) in [6, 6.07) is 0. The zero-order chi connectivity index (χ0) is 13.0. The molecule has 0 aliphatic rings. The van der Waals surface area contributed by atoms with Gasteiger partial charge in [0.25, 0.3) is 0 Å². The Morgan fingerprint density at radius 2 is 1.18 bits per heavy atom. The Labute approximate surface area is 107 Å². The van der Waals surface area contributed by atoms with Gasteiger partial charge in [0.05, 0.1) is 0 Å². The van der Waals surface area contributed by atoms with Gasteiger partial charge in [-0.1, -0.05) is 0 Å². The minimum absolute atomic E-state index is 1.13. The molecule has 0 atom stereocenters. The van der Waals surface area contributed by atoms with Crippen LogP contribution in [0.15, 0.2) is 0 Å². The molecule has 0 bridgehead atoms. The van der Waals surface area contributed by atoms with E-state index in [4.69, 9.17) is 0 Å². The van der Waals surface area contributed by atoms with Crippen LogP contribution >= 0.6 is 0 Å². The molecule has 1 N–H and O–H groups in total. The van der Waals surface area contributed by atoms with E-state index < -0.39 is 0 Å². The minimum atomic E-state index is 1.13. The molecular formula is C16H27N. The maximum atomic E-state index is 3.22. The van der Waals surface area contributed by atoms with Crippen LogP contribution in [-0.4, -0.2) is 13.6 Å².